The monoisotopic (exact) mass is 580 g/mol. The molecule has 1 saturated carbocycles. The predicted molar refractivity (Wildman–Crippen MR) is 148 cm³/mol. The van der Waals surface area contributed by atoms with Crippen molar-refractivity contribution in [3.63, 3.8) is 0 Å². The summed E-state index contributed by atoms with van der Waals surface area (Å²) in [5.41, 5.74) is 2.43. The lowest BCUT2D eigenvalue weighted by atomic mass is 9.77. The Morgan fingerprint density at radius 2 is 1.24 bits per heavy atom. The van der Waals surface area contributed by atoms with Crippen molar-refractivity contribution in [2.24, 2.45) is 11.8 Å². The van der Waals surface area contributed by atoms with Gasteiger partial charge in [-0.05, 0) is 53.9 Å². The number of ether oxygens (including phenoxy) is 2. The van der Waals surface area contributed by atoms with Crippen LogP contribution in [0.2, 0.25) is 18.1 Å². The van der Waals surface area contributed by atoms with Crippen LogP contribution in [0.15, 0.2) is 60.7 Å². The highest BCUT2D eigenvalue weighted by molar-refractivity contribution is 14.1. The van der Waals surface area contributed by atoms with Crippen molar-refractivity contribution in [3.8, 4) is 0 Å². The van der Waals surface area contributed by atoms with E-state index in [2.05, 4.69) is 117 Å². The minimum Gasteiger partial charge on any atom is -0.417 e. The second-order valence-corrected chi connectivity index (χ2v) is 16.6. The molecule has 182 valence electrons. The first-order valence-electron chi connectivity index (χ1n) is 12.2. The average molecular weight is 581 g/mol. The van der Waals surface area contributed by atoms with Crippen LogP contribution in [0.25, 0.3) is 0 Å². The number of benzene rings is 2. The molecule has 2 aromatic rings. The Kier molecular flexibility index (Phi) is 10.0. The lowest BCUT2D eigenvalue weighted by Crippen LogP contribution is -2.47. The Labute approximate surface area is 215 Å². The minimum atomic E-state index is -1.78. The summed E-state index contributed by atoms with van der Waals surface area (Å²) in [5.74, 6) is 1.10. The molecule has 0 saturated heterocycles. The van der Waals surface area contributed by atoms with Gasteiger partial charge in [-0.15, -0.1) is 0 Å². The molecule has 3 rings (SSSR count). The van der Waals surface area contributed by atoms with E-state index in [4.69, 9.17) is 13.9 Å². The molecule has 1 aliphatic rings. The average Bonchev–Trinajstić information content (AvgIpc) is 2.81. The molecular formula is C28H41IO3Si. The van der Waals surface area contributed by atoms with Gasteiger partial charge in [0.25, 0.3) is 0 Å². The van der Waals surface area contributed by atoms with E-state index in [1.807, 2.05) is 0 Å². The van der Waals surface area contributed by atoms with Crippen molar-refractivity contribution >= 4 is 30.9 Å². The zero-order valence-electron chi connectivity index (χ0n) is 20.9. The summed E-state index contributed by atoms with van der Waals surface area (Å²) in [6.07, 6.45) is 2.22. The maximum Gasteiger partial charge on any atom is 0.191 e. The van der Waals surface area contributed by atoms with Crippen LogP contribution < -0.4 is 0 Å². The summed E-state index contributed by atoms with van der Waals surface area (Å²) >= 11 is 2.55. The highest BCUT2D eigenvalue weighted by atomic mass is 127. The molecule has 5 heteroatoms. The van der Waals surface area contributed by atoms with Crippen molar-refractivity contribution in [1.82, 2.24) is 0 Å². The standard InChI is InChI=1S/C28H41IO3Si/c1-28(2,3)33(4,5)32-21-25-17-27(31-20-23-14-10-7-11-15-23)26(16-24(25)18-29)30-19-22-12-8-6-9-13-22/h6-15,24-27H,16-21H2,1-5H3/t24-,25-,26+,27+/m0/s1. The molecule has 3 nitrogen and oxygen atoms in total. The molecule has 0 heterocycles. The van der Waals surface area contributed by atoms with E-state index < -0.39 is 8.32 Å². The van der Waals surface area contributed by atoms with E-state index in [0.717, 1.165) is 23.9 Å². The number of hydrogen-bond donors (Lipinski definition) is 0. The third-order valence-electron chi connectivity index (χ3n) is 7.43. The third kappa shape index (κ3) is 7.89. The normalized spacial score (nSPS) is 24.1. The van der Waals surface area contributed by atoms with E-state index in [9.17, 15) is 0 Å². The van der Waals surface area contributed by atoms with Crippen LogP contribution in [0.4, 0.5) is 0 Å². The van der Waals surface area contributed by atoms with Crippen molar-refractivity contribution in [2.75, 3.05) is 11.0 Å². The second-order valence-electron chi connectivity index (χ2n) is 10.9. The molecule has 0 spiro atoms. The molecule has 1 fully saturated rings. The fraction of sp³-hybridized carbons (Fsp3) is 0.571. The molecule has 0 bridgehead atoms. The lowest BCUT2D eigenvalue weighted by molar-refractivity contribution is -0.127. The SMILES string of the molecule is CC(C)(C)[Si](C)(C)OC[C@@H]1C[C@@H](OCc2ccccc2)[C@H](OCc2ccccc2)C[C@H]1CI. The van der Waals surface area contributed by atoms with Crippen molar-refractivity contribution in [3.05, 3.63) is 71.8 Å². The first-order valence-corrected chi connectivity index (χ1v) is 16.6. The van der Waals surface area contributed by atoms with Crippen molar-refractivity contribution < 1.29 is 13.9 Å². The summed E-state index contributed by atoms with van der Waals surface area (Å²) in [4.78, 5) is 0. The highest BCUT2D eigenvalue weighted by Crippen LogP contribution is 2.40. The van der Waals surface area contributed by atoms with Crippen LogP contribution in [0.3, 0.4) is 0 Å². The smallest absolute Gasteiger partial charge is 0.191 e. The van der Waals surface area contributed by atoms with E-state index in [1.54, 1.807) is 0 Å². The van der Waals surface area contributed by atoms with E-state index >= 15 is 0 Å². The molecule has 0 aliphatic heterocycles. The maximum absolute atomic E-state index is 6.68. The van der Waals surface area contributed by atoms with E-state index in [-0.39, 0.29) is 17.2 Å². The maximum atomic E-state index is 6.68. The number of rotatable bonds is 10. The third-order valence-corrected chi connectivity index (χ3v) is 13.1. The second kappa shape index (κ2) is 12.3. The largest absolute Gasteiger partial charge is 0.417 e. The van der Waals surface area contributed by atoms with Gasteiger partial charge in [0.2, 0.25) is 0 Å². The van der Waals surface area contributed by atoms with Gasteiger partial charge in [-0.3, -0.25) is 0 Å². The quantitative estimate of drug-likeness (QED) is 0.164. The molecule has 33 heavy (non-hydrogen) atoms. The molecule has 0 amide bonds. The summed E-state index contributed by atoms with van der Waals surface area (Å²) in [6, 6.07) is 20.9. The number of alkyl halides is 1. The predicted octanol–water partition coefficient (Wildman–Crippen LogP) is 7.64. The van der Waals surface area contributed by atoms with Gasteiger partial charge >= 0.3 is 0 Å². The van der Waals surface area contributed by atoms with Gasteiger partial charge in [-0.2, -0.15) is 0 Å². The van der Waals surface area contributed by atoms with Crippen LogP contribution in [0.1, 0.15) is 44.7 Å². The number of hydrogen-bond acceptors (Lipinski definition) is 3. The number of halogens is 1. The van der Waals surface area contributed by atoms with Crippen LogP contribution in [-0.2, 0) is 27.1 Å². The Bertz CT molecular complexity index is 822. The lowest BCUT2D eigenvalue weighted by Gasteiger charge is -2.43. The molecule has 0 radical (unpaired) electrons. The summed E-state index contributed by atoms with van der Waals surface area (Å²) in [7, 11) is -1.78. The Morgan fingerprint density at radius 3 is 1.67 bits per heavy atom. The van der Waals surface area contributed by atoms with Crippen LogP contribution in [0.5, 0.6) is 0 Å². The van der Waals surface area contributed by atoms with E-state index in [0.29, 0.717) is 25.0 Å². The highest BCUT2D eigenvalue weighted by Gasteiger charge is 2.41. The molecule has 1 aliphatic carbocycles. The van der Waals surface area contributed by atoms with Crippen LogP contribution in [-0.4, -0.2) is 31.6 Å². The minimum absolute atomic E-state index is 0.0844. The molecule has 0 N–H and O–H groups in total. The first-order chi connectivity index (χ1) is 15.7. The zero-order valence-corrected chi connectivity index (χ0v) is 24.1. The zero-order chi connectivity index (χ0) is 23.9. The Hall–Kier alpha value is -0.733. The van der Waals surface area contributed by atoms with Gasteiger partial charge in [-0.25, -0.2) is 0 Å². The van der Waals surface area contributed by atoms with Crippen LogP contribution >= 0.6 is 22.6 Å². The summed E-state index contributed by atoms with van der Waals surface area (Å²) in [5, 5.41) is 0.228. The summed E-state index contributed by atoms with van der Waals surface area (Å²) in [6.45, 7) is 13.7. The molecule has 0 aromatic heterocycles. The Morgan fingerprint density at radius 1 is 0.788 bits per heavy atom. The van der Waals surface area contributed by atoms with Crippen molar-refractivity contribution in [1.29, 1.82) is 0 Å². The molecule has 4 atom stereocenters. The fourth-order valence-corrected chi connectivity index (χ4v) is 6.26. The van der Waals surface area contributed by atoms with Crippen molar-refractivity contribution in [2.45, 2.75) is 77.2 Å². The van der Waals surface area contributed by atoms with Gasteiger partial charge in [0.05, 0.1) is 25.4 Å². The van der Waals surface area contributed by atoms with Gasteiger partial charge in [0.1, 0.15) is 0 Å². The van der Waals surface area contributed by atoms with Gasteiger partial charge < -0.3 is 13.9 Å². The first kappa shape index (κ1) is 26.9. The topological polar surface area (TPSA) is 27.7 Å². The summed E-state index contributed by atoms with van der Waals surface area (Å²) < 4.78 is 20.8. The fourth-order valence-electron chi connectivity index (χ4n) is 4.12. The van der Waals surface area contributed by atoms with Gasteiger partial charge in [-0.1, -0.05) is 104 Å². The van der Waals surface area contributed by atoms with E-state index in [1.165, 1.54) is 11.1 Å². The van der Waals surface area contributed by atoms with Gasteiger partial charge in [0.15, 0.2) is 8.32 Å². The molecule has 0 unspecified atom stereocenters. The molecular weight excluding hydrogens is 539 g/mol. The van der Waals surface area contributed by atoms with Crippen LogP contribution in [0, 0.1) is 11.8 Å². The molecule has 2 aromatic carbocycles. The van der Waals surface area contributed by atoms with Gasteiger partial charge in [0, 0.05) is 11.0 Å². The Balaban J connectivity index is 1.69.